The molecular formula is C59H44N4. The molecule has 0 aliphatic heterocycles. The van der Waals surface area contributed by atoms with Crippen molar-refractivity contribution in [2.45, 2.75) is 27.3 Å². The molecule has 0 unspecified atom stereocenters. The molecule has 0 saturated heterocycles. The van der Waals surface area contributed by atoms with Crippen molar-refractivity contribution in [3.05, 3.63) is 200 Å². The Bertz CT molecular complexity index is 3980. The summed E-state index contributed by atoms with van der Waals surface area (Å²) in [6.07, 6.45) is 0. The van der Waals surface area contributed by atoms with Crippen molar-refractivity contribution in [1.82, 2.24) is 18.3 Å². The zero-order valence-corrected chi connectivity index (χ0v) is 35.5. The van der Waals surface area contributed by atoms with Crippen molar-refractivity contribution in [2.24, 2.45) is 5.41 Å². The highest BCUT2D eigenvalue weighted by atomic mass is 15.0. The Morgan fingerprint density at radius 3 is 1.11 bits per heavy atom. The maximum absolute atomic E-state index is 2.51. The molecule has 13 rings (SSSR count). The van der Waals surface area contributed by atoms with E-state index in [0.717, 1.165) is 12.2 Å². The Morgan fingerprint density at radius 1 is 0.286 bits per heavy atom. The molecule has 0 aliphatic carbocycles. The Hall–Kier alpha value is -7.82. The third kappa shape index (κ3) is 5.41. The third-order valence-electron chi connectivity index (χ3n) is 13.3. The van der Waals surface area contributed by atoms with Crippen molar-refractivity contribution in [3.8, 4) is 28.2 Å². The summed E-state index contributed by atoms with van der Waals surface area (Å²) in [5, 5.41) is 10.1. The standard InChI is InChI=1S/C59H44N4/c1-59(2,3)37-60-51-21-11-7-17-43(51)49-35-41(27-31-52(49)60)62-54-23-13-8-18-44(54)47-33-38(25-29-56(47)62)39-26-30-57-48(34-39)45-19-9-14-24-55(45)63(57)42-28-32-58-50(36-42)46-20-10-12-22-53(46)61(58)40-15-5-4-6-16-40/h4-36H,37H2,1-3H3. The van der Waals surface area contributed by atoms with Gasteiger partial charge in [0.1, 0.15) is 0 Å². The highest BCUT2D eigenvalue weighted by molar-refractivity contribution is 6.15. The van der Waals surface area contributed by atoms with Gasteiger partial charge in [-0.3, -0.25) is 0 Å². The molecule has 13 aromatic rings. The van der Waals surface area contributed by atoms with Crippen LogP contribution >= 0.6 is 0 Å². The molecule has 9 aromatic carbocycles. The summed E-state index contributed by atoms with van der Waals surface area (Å²) >= 11 is 0. The number of hydrogen-bond donors (Lipinski definition) is 0. The largest absolute Gasteiger partial charge is 0.340 e. The van der Waals surface area contributed by atoms with Crippen LogP contribution in [0.5, 0.6) is 0 Å². The molecule has 0 atom stereocenters. The van der Waals surface area contributed by atoms with E-state index in [1.807, 2.05) is 0 Å². The first-order valence-corrected chi connectivity index (χ1v) is 22.1. The second-order valence-electron chi connectivity index (χ2n) is 18.4. The van der Waals surface area contributed by atoms with Crippen LogP contribution in [-0.2, 0) is 6.54 Å². The van der Waals surface area contributed by atoms with E-state index in [2.05, 4.69) is 239 Å². The van der Waals surface area contributed by atoms with Gasteiger partial charge in [-0.1, -0.05) is 124 Å². The van der Waals surface area contributed by atoms with Crippen LogP contribution in [0.4, 0.5) is 0 Å². The topological polar surface area (TPSA) is 19.7 Å². The van der Waals surface area contributed by atoms with Crippen molar-refractivity contribution in [2.75, 3.05) is 0 Å². The molecule has 0 fully saturated rings. The minimum Gasteiger partial charge on any atom is -0.340 e. The van der Waals surface area contributed by atoms with Gasteiger partial charge in [-0.2, -0.15) is 0 Å². The first-order valence-electron chi connectivity index (χ1n) is 22.1. The summed E-state index contributed by atoms with van der Waals surface area (Å²) in [4.78, 5) is 0. The number of nitrogens with zero attached hydrogens (tertiary/aromatic N) is 4. The molecule has 4 heteroatoms. The summed E-state index contributed by atoms with van der Waals surface area (Å²) in [5.74, 6) is 0. The summed E-state index contributed by atoms with van der Waals surface area (Å²) in [6, 6.07) is 74.1. The SMILES string of the molecule is CC(C)(C)Cn1c2ccccc2c2cc(-n3c4ccccc4c4cc(-c5ccc6c(c5)c5ccccc5n6-c5ccc6c(c5)c5ccccc5n6-c5ccccc5)ccc43)ccc21. The van der Waals surface area contributed by atoms with E-state index in [1.165, 1.54) is 110 Å². The quantitative estimate of drug-likeness (QED) is 0.165. The van der Waals surface area contributed by atoms with Gasteiger partial charge in [0, 0.05) is 77.7 Å². The summed E-state index contributed by atoms with van der Waals surface area (Å²) in [7, 11) is 0. The number of hydrogen-bond acceptors (Lipinski definition) is 0. The van der Waals surface area contributed by atoms with Gasteiger partial charge in [-0.15, -0.1) is 0 Å². The molecule has 0 spiro atoms. The van der Waals surface area contributed by atoms with E-state index < -0.39 is 0 Å². The second-order valence-corrected chi connectivity index (χ2v) is 18.4. The maximum Gasteiger partial charge on any atom is 0.0542 e. The van der Waals surface area contributed by atoms with Gasteiger partial charge in [0.05, 0.1) is 33.1 Å². The molecule has 300 valence electrons. The fourth-order valence-corrected chi connectivity index (χ4v) is 10.6. The van der Waals surface area contributed by atoms with Crippen molar-refractivity contribution in [1.29, 1.82) is 0 Å². The van der Waals surface area contributed by atoms with Gasteiger partial charge < -0.3 is 18.3 Å². The van der Waals surface area contributed by atoms with Gasteiger partial charge in [-0.05, 0) is 114 Å². The van der Waals surface area contributed by atoms with Crippen molar-refractivity contribution in [3.63, 3.8) is 0 Å². The van der Waals surface area contributed by atoms with Gasteiger partial charge in [0.25, 0.3) is 0 Å². The Balaban J connectivity index is 0.955. The minimum atomic E-state index is 0.154. The summed E-state index contributed by atoms with van der Waals surface area (Å²) in [5.41, 5.74) is 15.9. The van der Waals surface area contributed by atoms with E-state index in [-0.39, 0.29) is 5.41 Å². The van der Waals surface area contributed by atoms with Crippen LogP contribution in [0.3, 0.4) is 0 Å². The number of aromatic nitrogens is 4. The lowest BCUT2D eigenvalue weighted by atomic mass is 9.97. The molecule has 0 N–H and O–H groups in total. The number of fused-ring (bicyclic) bond motifs is 12. The fraction of sp³-hybridized carbons (Fsp3) is 0.0847. The van der Waals surface area contributed by atoms with Gasteiger partial charge in [0.15, 0.2) is 0 Å². The van der Waals surface area contributed by atoms with E-state index in [4.69, 9.17) is 0 Å². The van der Waals surface area contributed by atoms with Crippen LogP contribution in [0.1, 0.15) is 20.8 Å². The Morgan fingerprint density at radius 2 is 0.619 bits per heavy atom. The molecule has 4 nitrogen and oxygen atoms in total. The number of para-hydroxylation sites is 5. The lowest BCUT2D eigenvalue weighted by molar-refractivity contribution is 0.354. The highest BCUT2D eigenvalue weighted by Gasteiger charge is 2.21. The first-order chi connectivity index (χ1) is 30.9. The normalized spacial score (nSPS) is 12.4. The fourth-order valence-electron chi connectivity index (χ4n) is 10.6. The molecule has 4 aromatic heterocycles. The molecule has 0 saturated carbocycles. The number of benzene rings is 9. The predicted octanol–water partition coefficient (Wildman–Crippen LogP) is 15.8. The predicted molar refractivity (Wildman–Crippen MR) is 267 cm³/mol. The average molecular weight is 809 g/mol. The van der Waals surface area contributed by atoms with E-state index in [9.17, 15) is 0 Å². The van der Waals surface area contributed by atoms with E-state index >= 15 is 0 Å². The molecular weight excluding hydrogens is 765 g/mol. The van der Waals surface area contributed by atoms with Crippen LogP contribution in [-0.4, -0.2) is 18.3 Å². The van der Waals surface area contributed by atoms with Crippen LogP contribution in [0, 0.1) is 5.41 Å². The molecule has 0 radical (unpaired) electrons. The molecule has 0 aliphatic rings. The Kier molecular flexibility index (Phi) is 7.60. The summed E-state index contributed by atoms with van der Waals surface area (Å²) in [6.45, 7) is 7.91. The lowest BCUT2D eigenvalue weighted by Crippen LogP contribution is -2.15. The van der Waals surface area contributed by atoms with Crippen molar-refractivity contribution >= 4 is 87.2 Å². The zero-order valence-electron chi connectivity index (χ0n) is 35.5. The summed E-state index contributed by atoms with van der Waals surface area (Å²) < 4.78 is 9.78. The third-order valence-corrected chi connectivity index (χ3v) is 13.3. The zero-order chi connectivity index (χ0) is 42.0. The van der Waals surface area contributed by atoms with E-state index in [0.29, 0.717) is 0 Å². The smallest absolute Gasteiger partial charge is 0.0542 e. The lowest BCUT2D eigenvalue weighted by Gasteiger charge is -2.21. The van der Waals surface area contributed by atoms with Crippen molar-refractivity contribution < 1.29 is 0 Å². The van der Waals surface area contributed by atoms with Crippen LogP contribution in [0.25, 0.3) is 115 Å². The first kappa shape index (κ1) is 35.9. The second kappa shape index (κ2) is 13.3. The van der Waals surface area contributed by atoms with Gasteiger partial charge in [-0.25, -0.2) is 0 Å². The number of rotatable bonds is 5. The Labute approximate surface area is 365 Å². The molecule has 4 heterocycles. The van der Waals surface area contributed by atoms with E-state index in [1.54, 1.807) is 0 Å². The molecule has 0 bridgehead atoms. The van der Waals surface area contributed by atoms with Gasteiger partial charge >= 0.3 is 0 Å². The average Bonchev–Trinajstić information content (AvgIpc) is 4.03. The highest BCUT2D eigenvalue weighted by Crippen LogP contribution is 2.41. The maximum atomic E-state index is 2.51. The molecule has 0 amide bonds. The van der Waals surface area contributed by atoms with Gasteiger partial charge in [0.2, 0.25) is 0 Å². The van der Waals surface area contributed by atoms with Crippen LogP contribution in [0.15, 0.2) is 200 Å². The monoisotopic (exact) mass is 808 g/mol. The molecule has 63 heavy (non-hydrogen) atoms. The van der Waals surface area contributed by atoms with Crippen LogP contribution < -0.4 is 0 Å². The minimum absolute atomic E-state index is 0.154. The van der Waals surface area contributed by atoms with Crippen LogP contribution in [0.2, 0.25) is 0 Å².